The summed E-state index contributed by atoms with van der Waals surface area (Å²) in [6.45, 7) is 7.03. The third-order valence-electron chi connectivity index (χ3n) is 4.31. The van der Waals surface area contributed by atoms with Crippen LogP contribution in [0.15, 0.2) is 24.3 Å². The van der Waals surface area contributed by atoms with Crippen molar-refractivity contribution >= 4 is 0 Å². The van der Waals surface area contributed by atoms with Crippen molar-refractivity contribution in [3.8, 4) is 5.75 Å². The molecule has 2 heteroatoms. The van der Waals surface area contributed by atoms with E-state index in [2.05, 4.69) is 38.2 Å². The zero-order valence-electron chi connectivity index (χ0n) is 12.7. The van der Waals surface area contributed by atoms with Gasteiger partial charge in [-0.15, -0.1) is 0 Å². The van der Waals surface area contributed by atoms with Crippen molar-refractivity contribution in [2.24, 2.45) is 5.41 Å². The molecule has 0 aromatic heterocycles. The Labute approximate surface area is 117 Å². The van der Waals surface area contributed by atoms with Crippen molar-refractivity contribution in [1.82, 2.24) is 5.32 Å². The molecule has 1 unspecified atom stereocenters. The van der Waals surface area contributed by atoms with Gasteiger partial charge in [0.15, 0.2) is 0 Å². The maximum absolute atomic E-state index is 5.21. The number of benzene rings is 1. The standard InChI is InChI=1S/C17H27NO/c1-13(14-7-9-16(19-4)10-8-14)18-15-6-5-11-17(2,3)12-15/h7-10,13,15,18H,5-6,11-12H2,1-4H3/t13-,15?/m0/s1. The summed E-state index contributed by atoms with van der Waals surface area (Å²) in [5.41, 5.74) is 1.83. The minimum Gasteiger partial charge on any atom is -0.497 e. The molecule has 0 heterocycles. The number of rotatable bonds is 4. The van der Waals surface area contributed by atoms with Crippen molar-refractivity contribution < 1.29 is 4.74 Å². The number of hydrogen-bond donors (Lipinski definition) is 1. The Hall–Kier alpha value is -1.02. The summed E-state index contributed by atoms with van der Waals surface area (Å²) >= 11 is 0. The zero-order chi connectivity index (χ0) is 13.9. The molecule has 0 bridgehead atoms. The van der Waals surface area contributed by atoms with Gasteiger partial charge in [0.05, 0.1) is 7.11 Å². The molecule has 1 aromatic rings. The topological polar surface area (TPSA) is 21.3 Å². The molecule has 1 aliphatic rings. The number of methoxy groups -OCH3 is 1. The van der Waals surface area contributed by atoms with E-state index in [9.17, 15) is 0 Å². The van der Waals surface area contributed by atoms with Crippen LogP contribution in [0.1, 0.15) is 58.1 Å². The lowest BCUT2D eigenvalue weighted by Crippen LogP contribution is -2.38. The molecule has 0 aliphatic heterocycles. The largest absolute Gasteiger partial charge is 0.497 e. The Kier molecular flexibility index (Phi) is 4.51. The van der Waals surface area contributed by atoms with E-state index in [1.54, 1.807) is 7.11 Å². The van der Waals surface area contributed by atoms with Crippen molar-refractivity contribution in [2.45, 2.75) is 58.5 Å². The molecule has 1 N–H and O–H groups in total. The zero-order valence-corrected chi connectivity index (χ0v) is 12.7. The second kappa shape index (κ2) is 5.96. The molecule has 106 valence electrons. The normalized spacial score (nSPS) is 23.9. The highest BCUT2D eigenvalue weighted by Gasteiger charge is 2.28. The molecule has 0 spiro atoms. The highest BCUT2D eigenvalue weighted by Crippen LogP contribution is 2.35. The van der Waals surface area contributed by atoms with Gasteiger partial charge in [0.25, 0.3) is 0 Å². The fraction of sp³-hybridized carbons (Fsp3) is 0.647. The average molecular weight is 261 g/mol. The first kappa shape index (κ1) is 14.4. The van der Waals surface area contributed by atoms with E-state index >= 15 is 0 Å². The van der Waals surface area contributed by atoms with Crippen LogP contribution >= 0.6 is 0 Å². The lowest BCUT2D eigenvalue weighted by Gasteiger charge is -2.37. The van der Waals surface area contributed by atoms with Crippen LogP contribution in [0.2, 0.25) is 0 Å². The van der Waals surface area contributed by atoms with Crippen LogP contribution in [-0.4, -0.2) is 13.2 Å². The summed E-state index contributed by atoms with van der Waals surface area (Å²) in [5, 5.41) is 3.79. The molecule has 2 nitrogen and oxygen atoms in total. The van der Waals surface area contributed by atoms with Crippen molar-refractivity contribution in [2.75, 3.05) is 7.11 Å². The number of hydrogen-bond acceptors (Lipinski definition) is 2. The third kappa shape index (κ3) is 3.97. The quantitative estimate of drug-likeness (QED) is 0.871. The minimum absolute atomic E-state index is 0.407. The summed E-state index contributed by atoms with van der Waals surface area (Å²) < 4.78 is 5.21. The highest BCUT2D eigenvalue weighted by atomic mass is 16.5. The Bertz CT molecular complexity index is 396. The van der Waals surface area contributed by atoms with Crippen LogP contribution in [0, 0.1) is 5.41 Å². The lowest BCUT2D eigenvalue weighted by molar-refractivity contribution is 0.191. The summed E-state index contributed by atoms with van der Waals surface area (Å²) in [6.07, 6.45) is 5.31. The number of ether oxygens (including phenoxy) is 1. The second-order valence-corrected chi connectivity index (χ2v) is 6.62. The summed E-state index contributed by atoms with van der Waals surface area (Å²) in [6, 6.07) is 9.46. The third-order valence-corrected chi connectivity index (χ3v) is 4.31. The molecular formula is C17H27NO. The van der Waals surface area contributed by atoms with Crippen LogP contribution in [0.4, 0.5) is 0 Å². The van der Waals surface area contributed by atoms with E-state index < -0.39 is 0 Å². The smallest absolute Gasteiger partial charge is 0.118 e. The van der Waals surface area contributed by atoms with Crippen molar-refractivity contribution in [1.29, 1.82) is 0 Å². The monoisotopic (exact) mass is 261 g/mol. The SMILES string of the molecule is COc1ccc([C@H](C)NC2CCCC(C)(C)C2)cc1. The Morgan fingerprint density at radius 3 is 2.53 bits per heavy atom. The van der Waals surface area contributed by atoms with Crippen LogP contribution in [-0.2, 0) is 0 Å². The van der Waals surface area contributed by atoms with Gasteiger partial charge in [-0.1, -0.05) is 32.4 Å². The van der Waals surface area contributed by atoms with Gasteiger partial charge < -0.3 is 10.1 Å². The molecular weight excluding hydrogens is 234 g/mol. The Morgan fingerprint density at radius 2 is 1.95 bits per heavy atom. The first-order valence-corrected chi connectivity index (χ1v) is 7.40. The fourth-order valence-corrected chi connectivity index (χ4v) is 3.18. The maximum atomic E-state index is 5.21. The van der Waals surface area contributed by atoms with E-state index in [1.165, 1.54) is 31.2 Å². The minimum atomic E-state index is 0.407. The second-order valence-electron chi connectivity index (χ2n) is 6.62. The summed E-state index contributed by atoms with van der Waals surface area (Å²) in [4.78, 5) is 0. The van der Waals surface area contributed by atoms with E-state index in [-0.39, 0.29) is 0 Å². The van der Waals surface area contributed by atoms with Gasteiger partial charge in [-0.05, 0) is 49.3 Å². The van der Waals surface area contributed by atoms with E-state index in [0.717, 1.165) is 5.75 Å². The van der Waals surface area contributed by atoms with Crippen molar-refractivity contribution in [3.63, 3.8) is 0 Å². The van der Waals surface area contributed by atoms with Gasteiger partial charge in [-0.25, -0.2) is 0 Å². The van der Waals surface area contributed by atoms with Crippen LogP contribution in [0.5, 0.6) is 5.75 Å². The molecule has 0 amide bonds. The van der Waals surface area contributed by atoms with E-state index in [1.807, 2.05) is 12.1 Å². The van der Waals surface area contributed by atoms with Crippen LogP contribution in [0.3, 0.4) is 0 Å². The summed E-state index contributed by atoms with van der Waals surface area (Å²) in [7, 11) is 1.71. The van der Waals surface area contributed by atoms with Gasteiger partial charge >= 0.3 is 0 Å². The van der Waals surface area contributed by atoms with Crippen LogP contribution in [0.25, 0.3) is 0 Å². The molecule has 19 heavy (non-hydrogen) atoms. The predicted molar refractivity (Wildman–Crippen MR) is 80.6 cm³/mol. The molecule has 2 rings (SSSR count). The average Bonchev–Trinajstić information content (AvgIpc) is 2.37. The van der Waals surface area contributed by atoms with Gasteiger partial charge in [-0.2, -0.15) is 0 Å². The van der Waals surface area contributed by atoms with Gasteiger partial charge in [0.1, 0.15) is 5.75 Å². The summed E-state index contributed by atoms with van der Waals surface area (Å²) in [5.74, 6) is 0.926. The number of nitrogens with one attached hydrogen (secondary N) is 1. The van der Waals surface area contributed by atoms with Gasteiger partial charge in [-0.3, -0.25) is 0 Å². The van der Waals surface area contributed by atoms with Crippen molar-refractivity contribution in [3.05, 3.63) is 29.8 Å². The lowest BCUT2D eigenvalue weighted by atomic mass is 9.75. The molecule has 1 aromatic carbocycles. The van der Waals surface area contributed by atoms with E-state index in [0.29, 0.717) is 17.5 Å². The molecule has 2 atom stereocenters. The maximum Gasteiger partial charge on any atom is 0.118 e. The molecule has 1 fully saturated rings. The predicted octanol–water partition coefficient (Wildman–Crippen LogP) is 4.31. The molecule has 1 saturated carbocycles. The first-order valence-electron chi connectivity index (χ1n) is 7.40. The van der Waals surface area contributed by atoms with E-state index in [4.69, 9.17) is 4.74 Å². The Morgan fingerprint density at radius 1 is 1.26 bits per heavy atom. The first-order chi connectivity index (χ1) is 9.00. The molecule has 1 aliphatic carbocycles. The molecule has 0 saturated heterocycles. The fourth-order valence-electron chi connectivity index (χ4n) is 3.18. The van der Waals surface area contributed by atoms with Gasteiger partial charge in [0, 0.05) is 12.1 Å². The van der Waals surface area contributed by atoms with Gasteiger partial charge in [0.2, 0.25) is 0 Å². The highest BCUT2D eigenvalue weighted by molar-refractivity contribution is 5.28. The Balaban J connectivity index is 1.94. The van der Waals surface area contributed by atoms with Crippen LogP contribution < -0.4 is 10.1 Å². The molecule has 0 radical (unpaired) electrons.